The van der Waals surface area contributed by atoms with Crippen LogP contribution in [0.2, 0.25) is 0 Å². The SMILES string of the molecule is CCN(CC)c1ccc(NC(=O)C(C)(C)C(=O)N2CCc3ccccc32)cc1. The summed E-state index contributed by atoms with van der Waals surface area (Å²) in [5.41, 5.74) is 2.72. The van der Waals surface area contributed by atoms with Crippen molar-refractivity contribution in [3.8, 4) is 0 Å². The number of fused-ring (bicyclic) bond motifs is 1. The summed E-state index contributed by atoms with van der Waals surface area (Å²) in [6.45, 7) is 10.1. The first-order chi connectivity index (χ1) is 13.4. The molecule has 0 fully saturated rings. The van der Waals surface area contributed by atoms with Gasteiger partial charge in [-0.3, -0.25) is 9.59 Å². The highest BCUT2D eigenvalue weighted by molar-refractivity contribution is 6.15. The van der Waals surface area contributed by atoms with Gasteiger partial charge in [0, 0.05) is 36.7 Å². The Morgan fingerprint density at radius 3 is 2.32 bits per heavy atom. The summed E-state index contributed by atoms with van der Waals surface area (Å²) in [5, 5.41) is 2.91. The normalized spacial score (nSPS) is 13.2. The number of rotatable bonds is 6. The molecule has 0 spiro atoms. The molecule has 0 saturated heterocycles. The topological polar surface area (TPSA) is 52.7 Å². The highest BCUT2D eigenvalue weighted by atomic mass is 16.2. The number of anilines is 3. The van der Waals surface area contributed by atoms with Gasteiger partial charge in [-0.25, -0.2) is 0 Å². The molecule has 1 aliphatic heterocycles. The van der Waals surface area contributed by atoms with E-state index in [1.54, 1.807) is 18.7 Å². The van der Waals surface area contributed by atoms with Gasteiger partial charge in [-0.2, -0.15) is 0 Å². The third kappa shape index (κ3) is 3.75. The van der Waals surface area contributed by atoms with Crippen molar-refractivity contribution < 1.29 is 9.59 Å². The maximum Gasteiger partial charge on any atom is 0.242 e. The summed E-state index contributed by atoms with van der Waals surface area (Å²) in [5.74, 6) is -0.466. The van der Waals surface area contributed by atoms with Gasteiger partial charge >= 0.3 is 0 Å². The van der Waals surface area contributed by atoms with Crippen LogP contribution >= 0.6 is 0 Å². The van der Waals surface area contributed by atoms with E-state index in [2.05, 4.69) is 24.1 Å². The maximum atomic E-state index is 13.1. The maximum absolute atomic E-state index is 13.1. The van der Waals surface area contributed by atoms with E-state index < -0.39 is 5.41 Å². The Morgan fingerprint density at radius 1 is 1.04 bits per heavy atom. The summed E-state index contributed by atoms with van der Waals surface area (Å²) in [6, 6.07) is 15.6. The Bertz CT molecular complexity index is 854. The predicted octanol–water partition coefficient (Wildman–Crippen LogP) is 4.09. The number of carbonyl (C=O) groups is 2. The van der Waals surface area contributed by atoms with E-state index in [-0.39, 0.29) is 11.8 Å². The standard InChI is InChI=1S/C23H29N3O2/c1-5-25(6-2)19-13-11-18(12-14-19)24-21(27)23(3,4)22(28)26-16-15-17-9-7-8-10-20(17)26/h7-14H,5-6,15-16H2,1-4H3,(H,24,27). The Balaban J connectivity index is 1.72. The van der Waals surface area contributed by atoms with E-state index in [0.29, 0.717) is 12.2 Å². The molecule has 0 atom stereocenters. The quantitative estimate of drug-likeness (QED) is 0.769. The number of benzene rings is 2. The molecule has 2 amide bonds. The molecule has 5 heteroatoms. The zero-order valence-electron chi connectivity index (χ0n) is 17.2. The third-order valence-corrected chi connectivity index (χ3v) is 5.49. The fourth-order valence-corrected chi connectivity index (χ4v) is 3.62. The Labute approximate surface area is 167 Å². The van der Waals surface area contributed by atoms with Crippen LogP contribution in [0.4, 0.5) is 17.1 Å². The van der Waals surface area contributed by atoms with E-state index in [4.69, 9.17) is 0 Å². The fraction of sp³-hybridized carbons (Fsp3) is 0.391. The molecule has 2 aromatic rings. The molecule has 5 nitrogen and oxygen atoms in total. The molecule has 0 saturated carbocycles. The monoisotopic (exact) mass is 379 g/mol. The van der Waals surface area contributed by atoms with Crippen LogP contribution in [0.15, 0.2) is 48.5 Å². The lowest BCUT2D eigenvalue weighted by atomic mass is 9.90. The zero-order chi connectivity index (χ0) is 20.3. The minimum atomic E-state index is -1.16. The second kappa shape index (κ2) is 8.05. The average molecular weight is 380 g/mol. The van der Waals surface area contributed by atoms with Crippen molar-refractivity contribution in [2.75, 3.05) is 34.8 Å². The van der Waals surface area contributed by atoms with Crippen molar-refractivity contribution in [3.05, 3.63) is 54.1 Å². The molecular weight excluding hydrogens is 350 g/mol. The minimum Gasteiger partial charge on any atom is -0.372 e. The van der Waals surface area contributed by atoms with Crippen LogP contribution in [0.5, 0.6) is 0 Å². The summed E-state index contributed by atoms with van der Waals surface area (Å²) in [7, 11) is 0. The van der Waals surface area contributed by atoms with Gasteiger partial charge in [0.15, 0.2) is 0 Å². The molecule has 1 N–H and O–H groups in total. The van der Waals surface area contributed by atoms with Gasteiger partial charge in [0.2, 0.25) is 11.8 Å². The number of para-hydroxylation sites is 1. The van der Waals surface area contributed by atoms with Crippen molar-refractivity contribution >= 4 is 28.9 Å². The molecule has 1 aliphatic rings. The Kier molecular flexibility index (Phi) is 5.73. The second-order valence-corrected chi connectivity index (χ2v) is 7.63. The molecule has 148 valence electrons. The minimum absolute atomic E-state index is 0.172. The van der Waals surface area contributed by atoms with Gasteiger partial charge in [0.1, 0.15) is 5.41 Å². The Morgan fingerprint density at radius 2 is 1.68 bits per heavy atom. The van der Waals surface area contributed by atoms with E-state index in [0.717, 1.165) is 36.4 Å². The summed E-state index contributed by atoms with van der Waals surface area (Å²) in [6.07, 6.45) is 0.826. The molecule has 0 unspecified atom stereocenters. The lowest BCUT2D eigenvalue weighted by Gasteiger charge is -2.28. The largest absolute Gasteiger partial charge is 0.372 e. The predicted molar refractivity (Wildman–Crippen MR) is 115 cm³/mol. The molecule has 1 heterocycles. The van der Waals surface area contributed by atoms with E-state index in [1.165, 1.54) is 0 Å². The molecule has 0 radical (unpaired) electrons. The Hall–Kier alpha value is -2.82. The van der Waals surface area contributed by atoms with Crippen molar-refractivity contribution in [2.45, 2.75) is 34.1 Å². The molecule has 28 heavy (non-hydrogen) atoms. The molecule has 0 aliphatic carbocycles. The van der Waals surface area contributed by atoms with E-state index >= 15 is 0 Å². The van der Waals surface area contributed by atoms with Gasteiger partial charge in [-0.1, -0.05) is 18.2 Å². The number of nitrogens with one attached hydrogen (secondary N) is 1. The van der Waals surface area contributed by atoms with Crippen molar-refractivity contribution in [1.29, 1.82) is 0 Å². The van der Waals surface area contributed by atoms with Crippen LogP contribution in [0, 0.1) is 5.41 Å². The fourth-order valence-electron chi connectivity index (χ4n) is 3.62. The smallest absolute Gasteiger partial charge is 0.242 e. The molecule has 0 bridgehead atoms. The summed E-state index contributed by atoms with van der Waals surface area (Å²) < 4.78 is 0. The van der Waals surface area contributed by atoms with Gasteiger partial charge in [0.05, 0.1) is 0 Å². The van der Waals surface area contributed by atoms with Crippen LogP contribution in [-0.4, -0.2) is 31.4 Å². The second-order valence-electron chi connectivity index (χ2n) is 7.63. The lowest BCUT2D eigenvalue weighted by molar-refractivity contribution is -0.136. The highest BCUT2D eigenvalue weighted by Gasteiger charge is 2.41. The number of hydrogen-bond donors (Lipinski definition) is 1. The van der Waals surface area contributed by atoms with Gasteiger partial charge < -0.3 is 15.1 Å². The number of carbonyl (C=O) groups excluding carboxylic acids is 2. The van der Waals surface area contributed by atoms with Gasteiger partial charge in [-0.15, -0.1) is 0 Å². The van der Waals surface area contributed by atoms with Crippen molar-refractivity contribution in [3.63, 3.8) is 0 Å². The van der Waals surface area contributed by atoms with Crippen LogP contribution in [0.1, 0.15) is 33.3 Å². The van der Waals surface area contributed by atoms with Crippen LogP contribution in [0.25, 0.3) is 0 Å². The molecule has 2 aromatic carbocycles. The summed E-state index contributed by atoms with van der Waals surface area (Å²) in [4.78, 5) is 30.0. The van der Waals surface area contributed by atoms with Crippen molar-refractivity contribution in [2.24, 2.45) is 5.41 Å². The highest BCUT2D eigenvalue weighted by Crippen LogP contribution is 2.32. The van der Waals surface area contributed by atoms with Crippen molar-refractivity contribution in [1.82, 2.24) is 0 Å². The number of hydrogen-bond acceptors (Lipinski definition) is 3. The van der Waals surface area contributed by atoms with Gasteiger partial charge in [-0.05, 0) is 70.0 Å². The molecule has 0 aromatic heterocycles. The van der Waals surface area contributed by atoms with E-state index in [1.807, 2.05) is 48.5 Å². The first kappa shape index (κ1) is 19.9. The first-order valence-electron chi connectivity index (χ1n) is 9.94. The van der Waals surface area contributed by atoms with E-state index in [9.17, 15) is 9.59 Å². The zero-order valence-corrected chi connectivity index (χ0v) is 17.2. The third-order valence-electron chi connectivity index (χ3n) is 5.49. The number of amides is 2. The van der Waals surface area contributed by atoms with Gasteiger partial charge in [0.25, 0.3) is 0 Å². The molecule has 3 rings (SSSR count). The number of nitrogens with zero attached hydrogens (tertiary/aromatic N) is 2. The van der Waals surface area contributed by atoms with Crippen LogP contribution in [0.3, 0.4) is 0 Å². The van der Waals surface area contributed by atoms with Crippen LogP contribution in [-0.2, 0) is 16.0 Å². The average Bonchev–Trinajstić information content (AvgIpc) is 3.13. The molecular formula is C23H29N3O2. The summed E-state index contributed by atoms with van der Waals surface area (Å²) >= 11 is 0. The first-order valence-corrected chi connectivity index (χ1v) is 9.94. The lowest BCUT2D eigenvalue weighted by Crippen LogP contribution is -2.47. The van der Waals surface area contributed by atoms with Crippen LogP contribution < -0.4 is 15.1 Å².